The molecule has 2 N–H and O–H groups in total. The van der Waals surface area contributed by atoms with Crippen molar-refractivity contribution in [1.82, 2.24) is 30.0 Å². The molecule has 0 unspecified atom stereocenters. The summed E-state index contributed by atoms with van der Waals surface area (Å²) in [5, 5.41) is 21.3. The average molecular weight is 648 g/mol. The summed E-state index contributed by atoms with van der Waals surface area (Å²) in [7, 11) is 0. The largest absolute Gasteiger partial charge is 0.461 e. The number of pyridine rings is 1. The van der Waals surface area contributed by atoms with Crippen molar-refractivity contribution in [3.63, 3.8) is 0 Å². The zero-order valence-corrected chi connectivity index (χ0v) is 26.2. The lowest BCUT2D eigenvalue weighted by atomic mass is 9.95. The molecule has 3 aliphatic heterocycles. The molecule has 3 aliphatic rings. The molecule has 1 aromatic carbocycles. The Bertz CT molecular complexity index is 2010. The smallest absolute Gasteiger partial charge is 0.319 e. The van der Waals surface area contributed by atoms with Crippen LogP contribution in [-0.4, -0.2) is 98.5 Å². The maximum atomic E-state index is 14.5. The molecule has 8 rings (SSSR count). The molecule has 4 aromatic heterocycles. The number of nitrogens with one attached hydrogen (secondary N) is 1. The molecule has 0 saturated carbocycles. The summed E-state index contributed by atoms with van der Waals surface area (Å²) < 4.78 is 27.4. The first-order chi connectivity index (χ1) is 21.7. The molecule has 232 valence electrons. The van der Waals surface area contributed by atoms with Crippen LogP contribution in [0, 0.1) is 12.3 Å². The number of hydrogen-bond donors (Lipinski definition) is 2. The summed E-state index contributed by atoms with van der Waals surface area (Å²) in [5.74, 6) is 3.39. The molecule has 10 nitrogen and oxygen atoms in total. The van der Waals surface area contributed by atoms with Crippen LogP contribution in [0.5, 0.6) is 6.01 Å². The van der Waals surface area contributed by atoms with Gasteiger partial charge in [-0.1, -0.05) is 17.5 Å². The molecule has 0 bridgehead atoms. The van der Waals surface area contributed by atoms with Gasteiger partial charge in [0.1, 0.15) is 29.0 Å². The maximum absolute atomic E-state index is 14.5. The number of nitrogens with zero attached hydrogens (tertiary/aromatic N) is 6. The number of halogens is 2. The van der Waals surface area contributed by atoms with Crippen molar-refractivity contribution in [2.75, 3.05) is 50.9 Å². The summed E-state index contributed by atoms with van der Waals surface area (Å²) in [5.41, 5.74) is 1.22. The number of β-amino-alcohol motifs (C(OH)–C–C–N with tert-alkyl or cyclic N) is 1. The molecule has 7 heterocycles. The molecular weight excluding hydrogens is 617 g/mol. The number of H-pyrrole nitrogens is 1. The second-order valence-electron chi connectivity index (χ2n) is 12.6. The standard InChI is InChI=1S/C32H31ClFN7O3S/c1-3-19-22(33)11-23-21(13-36-39-23)24(19)26-27-20(5-7-35-26)25-28(40-9-10-43-16-31(2,42)15-40)37-30(38-29(25)45-27)44-17-32-6-4-8-41(32)14-18(34)12-32/h1,5,7,11,13,18,42H,4,6,8-10,12,14-17H2,2H3,(H,36,39)/t18-,31+,32+/m1/s1. The fourth-order valence-electron chi connectivity index (χ4n) is 7.31. The fraction of sp³-hybridized carbons (Fsp3) is 0.438. The summed E-state index contributed by atoms with van der Waals surface area (Å²) in [6, 6.07) is 3.94. The molecule has 0 spiro atoms. The van der Waals surface area contributed by atoms with Crippen LogP contribution in [0.15, 0.2) is 24.5 Å². The third-order valence-corrected chi connectivity index (χ3v) is 10.7. The van der Waals surface area contributed by atoms with Gasteiger partial charge in [0.2, 0.25) is 0 Å². The minimum Gasteiger partial charge on any atom is -0.461 e. The van der Waals surface area contributed by atoms with E-state index in [-0.39, 0.29) is 18.2 Å². The van der Waals surface area contributed by atoms with Crippen LogP contribution in [0.25, 0.3) is 42.5 Å². The number of hydrogen-bond acceptors (Lipinski definition) is 10. The molecule has 0 aliphatic carbocycles. The van der Waals surface area contributed by atoms with Crippen LogP contribution in [-0.2, 0) is 4.74 Å². The highest BCUT2D eigenvalue weighted by molar-refractivity contribution is 7.26. The lowest BCUT2D eigenvalue weighted by Crippen LogP contribution is -2.43. The normalized spacial score (nSPS) is 25.7. The average Bonchev–Trinajstić information content (AvgIpc) is 3.75. The van der Waals surface area contributed by atoms with Crippen LogP contribution in [0.3, 0.4) is 0 Å². The van der Waals surface area contributed by atoms with Crippen molar-refractivity contribution in [2.24, 2.45) is 0 Å². The molecule has 13 heteroatoms. The van der Waals surface area contributed by atoms with E-state index in [1.165, 1.54) is 11.3 Å². The van der Waals surface area contributed by atoms with Crippen molar-refractivity contribution in [1.29, 1.82) is 0 Å². The van der Waals surface area contributed by atoms with Crippen molar-refractivity contribution in [2.45, 2.75) is 43.5 Å². The Balaban J connectivity index is 1.31. The van der Waals surface area contributed by atoms with Crippen LogP contribution in [0.4, 0.5) is 10.2 Å². The van der Waals surface area contributed by atoms with E-state index in [9.17, 15) is 9.50 Å². The minimum absolute atomic E-state index is 0.215. The molecule has 3 atom stereocenters. The molecule has 3 fully saturated rings. The Morgan fingerprint density at radius 3 is 3.09 bits per heavy atom. The first-order valence-electron chi connectivity index (χ1n) is 15.0. The Kier molecular flexibility index (Phi) is 6.89. The number of thiophene rings is 1. The van der Waals surface area contributed by atoms with Crippen molar-refractivity contribution in [3.8, 4) is 29.6 Å². The molecular formula is C32H31ClFN7O3S. The quantitative estimate of drug-likeness (QED) is 0.256. The predicted octanol–water partition coefficient (Wildman–Crippen LogP) is 4.96. The third kappa shape index (κ3) is 4.80. The van der Waals surface area contributed by atoms with E-state index in [0.29, 0.717) is 71.8 Å². The number of fused-ring (bicyclic) bond motifs is 5. The van der Waals surface area contributed by atoms with Crippen LogP contribution >= 0.6 is 22.9 Å². The van der Waals surface area contributed by atoms with E-state index < -0.39 is 11.8 Å². The fourth-order valence-corrected chi connectivity index (χ4v) is 8.72. The van der Waals surface area contributed by atoms with E-state index in [1.54, 1.807) is 25.4 Å². The van der Waals surface area contributed by atoms with Gasteiger partial charge in [0.15, 0.2) is 0 Å². The number of ether oxygens (including phenoxy) is 2. The number of anilines is 1. The van der Waals surface area contributed by atoms with E-state index >= 15 is 0 Å². The summed E-state index contributed by atoms with van der Waals surface area (Å²) in [4.78, 5) is 19.6. The summed E-state index contributed by atoms with van der Waals surface area (Å²) >= 11 is 8.11. The first-order valence-corrected chi connectivity index (χ1v) is 16.2. The van der Waals surface area contributed by atoms with E-state index in [2.05, 4.69) is 21.0 Å². The van der Waals surface area contributed by atoms with Gasteiger partial charge in [0, 0.05) is 42.0 Å². The van der Waals surface area contributed by atoms with Gasteiger partial charge in [-0.25, -0.2) is 4.39 Å². The SMILES string of the molecule is C#Cc1c(Cl)cc2[nH]ncc2c1-c1nccc2c1sc1nc(OC[C@@]34CCCN3C[C@H](F)C4)nc(N3CCOC[C@@](C)(O)C3)c12. The second kappa shape index (κ2) is 10.7. The zero-order valence-electron chi connectivity index (χ0n) is 24.6. The Labute approximate surface area is 267 Å². The van der Waals surface area contributed by atoms with Gasteiger partial charge in [0.05, 0.1) is 63.4 Å². The van der Waals surface area contributed by atoms with Crippen LogP contribution in [0.1, 0.15) is 31.7 Å². The van der Waals surface area contributed by atoms with Crippen molar-refractivity contribution >= 4 is 60.0 Å². The zero-order chi connectivity index (χ0) is 30.9. The first kappa shape index (κ1) is 28.8. The maximum Gasteiger partial charge on any atom is 0.319 e. The lowest BCUT2D eigenvalue weighted by molar-refractivity contribution is -0.0123. The second-order valence-corrected chi connectivity index (χ2v) is 14.0. The summed E-state index contributed by atoms with van der Waals surface area (Å²) in [6.45, 7) is 4.84. The Morgan fingerprint density at radius 1 is 1.33 bits per heavy atom. The van der Waals surface area contributed by atoms with Gasteiger partial charge in [-0.3, -0.25) is 15.0 Å². The highest BCUT2D eigenvalue weighted by Crippen LogP contribution is 2.46. The topological polar surface area (TPSA) is 113 Å². The van der Waals surface area contributed by atoms with E-state index in [0.717, 1.165) is 45.8 Å². The van der Waals surface area contributed by atoms with Gasteiger partial charge < -0.3 is 19.5 Å². The van der Waals surface area contributed by atoms with Gasteiger partial charge in [-0.2, -0.15) is 15.1 Å². The predicted molar refractivity (Wildman–Crippen MR) is 173 cm³/mol. The van der Waals surface area contributed by atoms with Gasteiger partial charge >= 0.3 is 6.01 Å². The van der Waals surface area contributed by atoms with Crippen LogP contribution in [0.2, 0.25) is 5.02 Å². The number of terminal acetylenes is 1. The number of aliphatic hydroxyl groups is 1. The minimum atomic E-state index is -1.09. The lowest BCUT2D eigenvalue weighted by Gasteiger charge is -2.31. The van der Waals surface area contributed by atoms with Crippen molar-refractivity contribution in [3.05, 3.63) is 35.1 Å². The Hall–Kier alpha value is -3.60. The number of alkyl halides is 1. The number of rotatable bonds is 5. The van der Waals surface area contributed by atoms with Crippen LogP contribution < -0.4 is 9.64 Å². The van der Waals surface area contributed by atoms with Gasteiger partial charge in [0.25, 0.3) is 0 Å². The van der Waals surface area contributed by atoms with Gasteiger partial charge in [-0.15, -0.1) is 17.8 Å². The Morgan fingerprint density at radius 2 is 2.22 bits per heavy atom. The molecule has 0 amide bonds. The third-order valence-electron chi connectivity index (χ3n) is 9.27. The molecule has 5 aromatic rings. The molecule has 3 saturated heterocycles. The molecule has 45 heavy (non-hydrogen) atoms. The highest BCUT2D eigenvalue weighted by atomic mass is 35.5. The number of aromatic amines is 1. The van der Waals surface area contributed by atoms with E-state index in [4.69, 9.17) is 42.4 Å². The van der Waals surface area contributed by atoms with E-state index in [1.807, 2.05) is 11.0 Å². The summed E-state index contributed by atoms with van der Waals surface area (Å²) in [6.07, 6.45) is 10.9. The van der Waals surface area contributed by atoms with Crippen molar-refractivity contribution < 1.29 is 19.0 Å². The van der Waals surface area contributed by atoms with Gasteiger partial charge in [-0.05, 0) is 38.4 Å². The molecule has 0 radical (unpaired) electrons. The highest BCUT2D eigenvalue weighted by Gasteiger charge is 2.49. The number of benzene rings is 1. The monoisotopic (exact) mass is 647 g/mol. The number of aromatic nitrogens is 5.